The molecule has 0 bridgehead atoms. The van der Waals surface area contributed by atoms with Gasteiger partial charge in [-0.1, -0.05) is 24.6 Å². The quantitative estimate of drug-likeness (QED) is 0.857. The maximum atomic E-state index is 5.73. The second-order valence-corrected chi connectivity index (χ2v) is 5.93. The van der Waals surface area contributed by atoms with Gasteiger partial charge < -0.3 is 5.73 Å². The average Bonchev–Trinajstić information content (AvgIpc) is 3.06. The molecule has 2 heterocycles. The number of nitrogen functional groups attached to an aromatic ring is 1. The van der Waals surface area contributed by atoms with Crippen LogP contribution in [0, 0.1) is 6.92 Å². The summed E-state index contributed by atoms with van der Waals surface area (Å²) >= 11 is 1.56. The van der Waals surface area contributed by atoms with E-state index < -0.39 is 0 Å². The van der Waals surface area contributed by atoms with Gasteiger partial charge in [-0.25, -0.2) is 14.6 Å². The zero-order valence-electron chi connectivity index (χ0n) is 11.4. The zero-order chi connectivity index (χ0) is 13.9. The van der Waals surface area contributed by atoms with Crippen molar-refractivity contribution in [3.8, 4) is 0 Å². The number of tetrazole rings is 1. The predicted octanol–water partition coefficient (Wildman–Crippen LogP) is 1.76. The van der Waals surface area contributed by atoms with E-state index >= 15 is 0 Å². The lowest BCUT2D eigenvalue weighted by atomic mass is 10.3. The van der Waals surface area contributed by atoms with Crippen LogP contribution in [0.5, 0.6) is 0 Å². The summed E-state index contributed by atoms with van der Waals surface area (Å²) in [5, 5.41) is 12.8. The number of thioether (sulfide) groups is 1. The molecule has 0 aromatic carbocycles. The fourth-order valence-electron chi connectivity index (χ4n) is 2.51. The molecule has 0 amide bonds. The van der Waals surface area contributed by atoms with Crippen molar-refractivity contribution >= 4 is 17.6 Å². The van der Waals surface area contributed by atoms with Crippen LogP contribution in [-0.2, 0) is 5.75 Å². The van der Waals surface area contributed by atoms with Gasteiger partial charge in [0, 0.05) is 11.8 Å². The van der Waals surface area contributed by atoms with Gasteiger partial charge in [0.1, 0.15) is 11.6 Å². The highest BCUT2D eigenvalue weighted by atomic mass is 32.2. The van der Waals surface area contributed by atoms with Crippen molar-refractivity contribution in [3.63, 3.8) is 0 Å². The fourth-order valence-corrected chi connectivity index (χ4v) is 3.31. The van der Waals surface area contributed by atoms with Crippen LogP contribution in [0.4, 0.5) is 5.82 Å². The molecule has 0 saturated heterocycles. The Balaban J connectivity index is 1.70. The molecule has 7 nitrogen and oxygen atoms in total. The smallest absolute Gasteiger partial charge is 0.210 e. The first kappa shape index (κ1) is 13.3. The summed E-state index contributed by atoms with van der Waals surface area (Å²) in [6, 6.07) is 2.20. The Kier molecular flexibility index (Phi) is 3.81. The second-order valence-electron chi connectivity index (χ2n) is 4.98. The van der Waals surface area contributed by atoms with Gasteiger partial charge in [-0.2, -0.15) is 0 Å². The molecule has 8 heteroatoms. The summed E-state index contributed by atoms with van der Waals surface area (Å²) in [6.45, 7) is 1.91. The topological polar surface area (TPSA) is 95.4 Å². The van der Waals surface area contributed by atoms with Gasteiger partial charge in [0.05, 0.1) is 11.8 Å². The van der Waals surface area contributed by atoms with Crippen LogP contribution >= 0.6 is 11.8 Å². The van der Waals surface area contributed by atoms with Crippen molar-refractivity contribution in [1.29, 1.82) is 0 Å². The largest absolute Gasteiger partial charge is 0.384 e. The Hall–Kier alpha value is -1.70. The molecule has 1 fully saturated rings. The van der Waals surface area contributed by atoms with Crippen molar-refractivity contribution in [1.82, 2.24) is 30.2 Å². The highest BCUT2D eigenvalue weighted by Gasteiger charge is 2.21. The van der Waals surface area contributed by atoms with E-state index in [1.54, 1.807) is 17.8 Å². The highest BCUT2D eigenvalue weighted by molar-refractivity contribution is 7.98. The van der Waals surface area contributed by atoms with E-state index in [0.29, 0.717) is 23.4 Å². The van der Waals surface area contributed by atoms with Gasteiger partial charge in [0.15, 0.2) is 0 Å². The van der Waals surface area contributed by atoms with Crippen LogP contribution in [0.3, 0.4) is 0 Å². The van der Waals surface area contributed by atoms with Crippen molar-refractivity contribution in [2.75, 3.05) is 5.73 Å². The van der Waals surface area contributed by atoms with Crippen LogP contribution in [0.1, 0.15) is 43.2 Å². The first-order chi connectivity index (χ1) is 9.72. The van der Waals surface area contributed by atoms with Crippen molar-refractivity contribution in [2.45, 2.75) is 49.6 Å². The maximum Gasteiger partial charge on any atom is 0.210 e. The Morgan fingerprint density at radius 2 is 2.15 bits per heavy atom. The molecule has 2 aromatic heterocycles. The van der Waals surface area contributed by atoms with Crippen LogP contribution < -0.4 is 5.73 Å². The van der Waals surface area contributed by atoms with Gasteiger partial charge in [0.2, 0.25) is 5.16 Å². The SMILES string of the molecule is Cc1cc(N)nc(CSc2nnnn2C2CCCC2)n1. The van der Waals surface area contributed by atoms with Gasteiger partial charge in [-0.15, -0.1) is 5.10 Å². The van der Waals surface area contributed by atoms with Crippen molar-refractivity contribution in [2.24, 2.45) is 0 Å². The molecule has 0 spiro atoms. The molecule has 2 N–H and O–H groups in total. The van der Waals surface area contributed by atoms with E-state index in [1.165, 1.54) is 12.8 Å². The highest BCUT2D eigenvalue weighted by Crippen LogP contribution is 2.31. The lowest BCUT2D eigenvalue weighted by Crippen LogP contribution is -2.08. The molecule has 2 aromatic rings. The number of nitrogens with two attached hydrogens (primary N) is 1. The molecule has 1 aliphatic carbocycles. The van der Waals surface area contributed by atoms with E-state index in [-0.39, 0.29) is 0 Å². The zero-order valence-corrected chi connectivity index (χ0v) is 12.2. The third kappa shape index (κ3) is 2.90. The third-order valence-electron chi connectivity index (χ3n) is 3.38. The minimum Gasteiger partial charge on any atom is -0.384 e. The molecule has 20 heavy (non-hydrogen) atoms. The molecule has 106 valence electrons. The van der Waals surface area contributed by atoms with Gasteiger partial charge >= 0.3 is 0 Å². The summed E-state index contributed by atoms with van der Waals surface area (Å²) in [4.78, 5) is 8.60. The first-order valence-corrected chi connectivity index (χ1v) is 7.71. The molecule has 0 radical (unpaired) electrons. The van der Waals surface area contributed by atoms with E-state index in [9.17, 15) is 0 Å². The summed E-state index contributed by atoms with van der Waals surface area (Å²) in [6.07, 6.45) is 4.83. The lowest BCUT2D eigenvalue weighted by Gasteiger charge is -2.10. The summed E-state index contributed by atoms with van der Waals surface area (Å²) in [5.41, 5.74) is 6.61. The van der Waals surface area contributed by atoms with E-state index in [1.807, 2.05) is 11.6 Å². The molecule has 0 atom stereocenters. The molecule has 1 saturated carbocycles. The summed E-state index contributed by atoms with van der Waals surface area (Å²) in [5.74, 6) is 1.84. The van der Waals surface area contributed by atoms with Crippen LogP contribution in [0.2, 0.25) is 0 Å². The second kappa shape index (κ2) is 5.74. The monoisotopic (exact) mass is 291 g/mol. The van der Waals surface area contributed by atoms with E-state index in [4.69, 9.17) is 5.73 Å². The Morgan fingerprint density at radius 3 is 2.90 bits per heavy atom. The molecule has 0 unspecified atom stereocenters. The maximum absolute atomic E-state index is 5.73. The molecular weight excluding hydrogens is 274 g/mol. The van der Waals surface area contributed by atoms with Crippen LogP contribution in [0.25, 0.3) is 0 Å². The average molecular weight is 291 g/mol. The molecule has 0 aliphatic heterocycles. The Morgan fingerprint density at radius 1 is 1.35 bits per heavy atom. The number of anilines is 1. The Labute approximate surface area is 121 Å². The predicted molar refractivity (Wildman–Crippen MR) is 76.1 cm³/mol. The first-order valence-electron chi connectivity index (χ1n) is 6.73. The third-order valence-corrected chi connectivity index (χ3v) is 4.31. The van der Waals surface area contributed by atoms with E-state index in [0.717, 1.165) is 23.7 Å². The van der Waals surface area contributed by atoms with Crippen molar-refractivity contribution < 1.29 is 0 Å². The van der Waals surface area contributed by atoms with Gasteiger partial charge in [-0.3, -0.25) is 0 Å². The number of hydrogen-bond acceptors (Lipinski definition) is 7. The van der Waals surface area contributed by atoms with Gasteiger partial charge in [0.25, 0.3) is 0 Å². The van der Waals surface area contributed by atoms with Gasteiger partial charge in [-0.05, 0) is 30.2 Å². The number of nitrogens with zero attached hydrogens (tertiary/aromatic N) is 6. The standard InChI is InChI=1S/C12H17N7S/c1-8-6-10(13)15-11(14-8)7-20-12-16-17-18-19(12)9-4-2-3-5-9/h6,9H,2-5,7H2,1H3,(H2,13,14,15). The lowest BCUT2D eigenvalue weighted by molar-refractivity contribution is 0.423. The van der Waals surface area contributed by atoms with Crippen LogP contribution in [-0.4, -0.2) is 30.2 Å². The molecule has 3 rings (SSSR count). The Bertz CT molecular complexity index is 571. The minimum absolute atomic E-state index is 0.441. The molecule has 1 aliphatic rings. The number of hydrogen-bond donors (Lipinski definition) is 1. The number of rotatable bonds is 4. The van der Waals surface area contributed by atoms with Crippen molar-refractivity contribution in [3.05, 3.63) is 17.6 Å². The number of aryl methyl sites for hydroxylation is 1. The summed E-state index contributed by atoms with van der Waals surface area (Å²) < 4.78 is 1.94. The van der Waals surface area contributed by atoms with Crippen LogP contribution in [0.15, 0.2) is 11.2 Å². The molecular formula is C12H17N7S. The minimum atomic E-state index is 0.441. The fraction of sp³-hybridized carbons (Fsp3) is 0.583. The number of aromatic nitrogens is 6. The summed E-state index contributed by atoms with van der Waals surface area (Å²) in [7, 11) is 0. The van der Waals surface area contributed by atoms with E-state index in [2.05, 4.69) is 25.5 Å². The normalized spacial score (nSPS) is 15.8.